The lowest BCUT2D eigenvalue weighted by Crippen LogP contribution is -2.18. The molecule has 0 unspecified atom stereocenters. The van der Waals surface area contributed by atoms with Crippen LogP contribution in [0.15, 0.2) is 54.7 Å². The number of nitrogens with two attached hydrogens (primary N) is 1. The van der Waals surface area contributed by atoms with Gasteiger partial charge < -0.3 is 15.6 Å². The highest BCUT2D eigenvalue weighted by atomic mass is 19.1. The Hall–Kier alpha value is -2.82. The predicted molar refractivity (Wildman–Crippen MR) is 81.4 cm³/mol. The summed E-state index contributed by atoms with van der Waals surface area (Å²) in [6.07, 6.45) is 1.70. The normalized spacial score (nSPS) is 10.7. The quantitative estimate of drug-likeness (QED) is 0.726. The van der Waals surface area contributed by atoms with Crippen LogP contribution in [0.2, 0.25) is 0 Å². The lowest BCUT2D eigenvalue weighted by molar-refractivity contribution is -0.116. The van der Waals surface area contributed by atoms with E-state index in [0.717, 1.165) is 0 Å². The summed E-state index contributed by atoms with van der Waals surface area (Å²) in [7, 11) is 0. The highest BCUT2D eigenvalue weighted by molar-refractivity contribution is 5.94. The molecule has 0 spiro atoms. The number of amides is 1. The molecular weight excluding hydrogens is 269 g/mol. The van der Waals surface area contributed by atoms with E-state index in [4.69, 9.17) is 5.73 Å². The molecule has 2 aromatic carbocycles. The summed E-state index contributed by atoms with van der Waals surface area (Å²) >= 11 is 0. The first-order valence-corrected chi connectivity index (χ1v) is 6.53. The Kier molecular flexibility index (Phi) is 3.31. The third-order valence-corrected chi connectivity index (χ3v) is 3.31. The van der Waals surface area contributed by atoms with Gasteiger partial charge in [-0.1, -0.05) is 18.2 Å². The smallest absolute Gasteiger partial charge is 0.244 e. The van der Waals surface area contributed by atoms with Crippen LogP contribution < -0.4 is 11.1 Å². The van der Waals surface area contributed by atoms with Gasteiger partial charge in [0, 0.05) is 11.6 Å². The van der Waals surface area contributed by atoms with Crippen molar-refractivity contribution in [1.29, 1.82) is 0 Å². The second kappa shape index (κ2) is 5.28. The van der Waals surface area contributed by atoms with E-state index in [1.54, 1.807) is 53.2 Å². The lowest BCUT2D eigenvalue weighted by Gasteiger charge is -2.09. The lowest BCUT2D eigenvalue weighted by atomic mass is 10.2. The van der Waals surface area contributed by atoms with E-state index in [9.17, 15) is 9.18 Å². The predicted octanol–water partition coefficient (Wildman–Crippen LogP) is 3.00. The number of halogens is 1. The van der Waals surface area contributed by atoms with Crippen molar-refractivity contribution in [2.45, 2.75) is 6.54 Å². The maximum Gasteiger partial charge on any atom is 0.244 e. The molecule has 1 heterocycles. The number of hydrogen-bond acceptors (Lipinski definition) is 2. The average Bonchev–Trinajstić information content (AvgIpc) is 2.86. The summed E-state index contributed by atoms with van der Waals surface area (Å²) < 4.78 is 15.3. The monoisotopic (exact) mass is 283 g/mol. The maximum atomic E-state index is 13.6. The molecule has 0 radical (unpaired) electrons. The fourth-order valence-corrected chi connectivity index (χ4v) is 2.28. The molecule has 4 nitrogen and oxygen atoms in total. The van der Waals surface area contributed by atoms with Gasteiger partial charge in [-0.05, 0) is 30.3 Å². The van der Waals surface area contributed by atoms with Crippen LogP contribution in [0.1, 0.15) is 0 Å². The van der Waals surface area contributed by atoms with E-state index in [-0.39, 0.29) is 18.3 Å². The zero-order valence-electron chi connectivity index (χ0n) is 11.2. The molecule has 0 saturated heterocycles. The summed E-state index contributed by atoms with van der Waals surface area (Å²) in [5.41, 5.74) is 7.55. The number of aromatic nitrogens is 1. The van der Waals surface area contributed by atoms with Crippen LogP contribution in [-0.2, 0) is 11.3 Å². The number of anilines is 2. The molecule has 0 atom stereocenters. The van der Waals surface area contributed by atoms with E-state index in [0.29, 0.717) is 22.3 Å². The molecule has 0 aliphatic rings. The van der Waals surface area contributed by atoms with Gasteiger partial charge in [-0.2, -0.15) is 0 Å². The summed E-state index contributed by atoms with van der Waals surface area (Å²) in [6, 6.07) is 13.5. The van der Waals surface area contributed by atoms with Crippen molar-refractivity contribution in [3.05, 3.63) is 60.5 Å². The molecule has 0 bridgehead atoms. The molecule has 3 N–H and O–H groups in total. The van der Waals surface area contributed by atoms with Crippen LogP contribution in [0.5, 0.6) is 0 Å². The summed E-state index contributed by atoms with van der Waals surface area (Å²) in [6.45, 7) is 0.0985. The highest BCUT2D eigenvalue weighted by Crippen LogP contribution is 2.20. The number of nitrogens with zero attached hydrogens (tertiary/aromatic N) is 1. The fraction of sp³-hybridized carbons (Fsp3) is 0.0625. The van der Waals surface area contributed by atoms with Crippen molar-refractivity contribution >= 4 is 28.2 Å². The maximum absolute atomic E-state index is 13.6. The van der Waals surface area contributed by atoms with E-state index in [1.165, 1.54) is 6.07 Å². The van der Waals surface area contributed by atoms with Gasteiger partial charge in [-0.3, -0.25) is 4.79 Å². The third-order valence-electron chi connectivity index (χ3n) is 3.31. The molecule has 106 valence electrons. The molecule has 0 saturated carbocycles. The molecule has 0 fully saturated rings. The number of nitrogens with one attached hydrogen (secondary N) is 1. The molecule has 21 heavy (non-hydrogen) atoms. The topological polar surface area (TPSA) is 60.0 Å². The summed E-state index contributed by atoms with van der Waals surface area (Å²) in [5, 5.41) is 3.25. The SMILES string of the molecule is Nc1ccccc1NC(=O)Cn1ccc2c(F)cccc21. The standard InChI is InChI=1S/C16H14FN3O/c17-12-4-3-7-15-11(12)8-9-20(15)10-16(21)19-14-6-2-1-5-13(14)18/h1-9H,10,18H2,(H,19,21). The van der Waals surface area contributed by atoms with Crippen molar-refractivity contribution < 1.29 is 9.18 Å². The minimum absolute atomic E-state index is 0.0985. The summed E-state index contributed by atoms with van der Waals surface area (Å²) in [5.74, 6) is -0.506. The van der Waals surface area contributed by atoms with Gasteiger partial charge in [0.25, 0.3) is 0 Å². The number of benzene rings is 2. The van der Waals surface area contributed by atoms with E-state index in [2.05, 4.69) is 5.32 Å². The number of fused-ring (bicyclic) bond motifs is 1. The van der Waals surface area contributed by atoms with Crippen molar-refractivity contribution in [3.63, 3.8) is 0 Å². The van der Waals surface area contributed by atoms with Crippen molar-refractivity contribution in [3.8, 4) is 0 Å². The first-order chi connectivity index (χ1) is 10.1. The van der Waals surface area contributed by atoms with Crippen LogP contribution in [-0.4, -0.2) is 10.5 Å². The molecule has 5 heteroatoms. The van der Waals surface area contributed by atoms with Crippen LogP contribution in [0, 0.1) is 5.82 Å². The van der Waals surface area contributed by atoms with Gasteiger partial charge in [-0.15, -0.1) is 0 Å². The number of carbonyl (C=O) groups is 1. The number of carbonyl (C=O) groups excluding carboxylic acids is 1. The molecule has 1 amide bonds. The molecule has 3 aromatic rings. The number of hydrogen-bond donors (Lipinski definition) is 2. The van der Waals surface area contributed by atoms with E-state index in [1.807, 2.05) is 0 Å². The van der Waals surface area contributed by atoms with Gasteiger partial charge in [0.1, 0.15) is 12.4 Å². The fourth-order valence-electron chi connectivity index (χ4n) is 2.28. The number of rotatable bonds is 3. The van der Waals surface area contributed by atoms with Crippen LogP contribution >= 0.6 is 0 Å². The molecule has 0 aliphatic heterocycles. The Morgan fingerprint density at radius 1 is 1.14 bits per heavy atom. The molecule has 0 aliphatic carbocycles. The zero-order chi connectivity index (χ0) is 14.8. The van der Waals surface area contributed by atoms with Gasteiger partial charge in [0.15, 0.2) is 0 Å². The highest BCUT2D eigenvalue weighted by Gasteiger charge is 2.09. The molecular formula is C16H14FN3O. The average molecular weight is 283 g/mol. The Labute approximate surface area is 121 Å². The molecule has 3 rings (SSSR count). The third kappa shape index (κ3) is 2.58. The van der Waals surface area contributed by atoms with Crippen molar-refractivity contribution in [2.75, 3.05) is 11.1 Å². The summed E-state index contributed by atoms with van der Waals surface area (Å²) in [4.78, 5) is 12.1. The van der Waals surface area contributed by atoms with Crippen molar-refractivity contribution in [1.82, 2.24) is 4.57 Å². The Balaban J connectivity index is 1.81. The number of nitrogen functional groups attached to an aromatic ring is 1. The second-order valence-corrected chi connectivity index (χ2v) is 4.75. The van der Waals surface area contributed by atoms with Gasteiger partial charge in [0.05, 0.1) is 16.9 Å². The number of para-hydroxylation sites is 2. The minimum Gasteiger partial charge on any atom is -0.397 e. The first kappa shape index (κ1) is 13.2. The Morgan fingerprint density at radius 2 is 1.95 bits per heavy atom. The largest absolute Gasteiger partial charge is 0.397 e. The molecule has 1 aromatic heterocycles. The van der Waals surface area contributed by atoms with Gasteiger partial charge >= 0.3 is 0 Å². The van der Waals surface area contributed by atoms with Crippen LogP contribution in [0.4, 0.5) is 15.8 Å². The van der Waals surface area contributed by atoms with E-state index >= 15 is 0 Å². The second-order valence-electron chi connectivity index (χ2n) is 4.75. The Bertz CT molecular complexity index is 810. The van der Waals surface area contributed by atoms with Gasteiger partial charge in [-0.25, -0.2) is 4.39 Å². The minimum atomic E-state index is -0.293. The van der Waals surface area contributed by atoms with Crippen molar-refractivity contribution in [2.24, 2.45) is 0 Å². The Morgan fingerprint density at radius 3 is 2.76 bits per heavy atom. The van der Waals surface area contributed by atoms with Gasteiger partial charge in [0.2, 0.25) is 5.91 Å². The van der Waals surface area contributed by atoms with E-state index < -0.39 is 0 Å². The van der Waals surface area contributed by atoms with Crippen LogP contribution in [0.3, 0.4) is 0 Å². The van der Waals surface area contributed by atoms with Crippen LogP contribution in [0.25, 0.3) is 10.9 Å². The zero-order valence-corrected chi connectivity index (χ0v) is 11.2. The first-order valence-electron chi connectivity index (χ1n) is 6.53.